The first kappa shape index (κ1) is 14.0. The minimum atomic E-state index is -3.35. The number of piperidine rings is 1. The molecule has 0 aromatic carbocycles. The number of aryl methyl sites for hydroxylation is 1. The predicted octanol–water partition coefficient (Wildman–Crippen LogP) is 1.73. The molecule has 4 nitrogen and oxygen atoms in total. The highest BCUT2D eigenvalue weighted by Gasteiger charge is 2.27. The van der Waals surface area contributed by atoms with Gasteiger partial charge in [0.25, 0.3) is 0 Å². The summed E-state index contributed by atoms with van der Waals surface area (Å²) in [6.45, 7) is 5.03. The van der Waals surface area contributed by atoms with Crippen LogP contribution in [-0.2, 0) is 16.4 Å². The topological polar surface area (TPSA) is 58.2 Å². The standard InChI is InChI=1S/C12H20N2O2S2/c1-3-10-6-7-12(17-10)18(15,16)14-11-5-4-8-13-9(11)2/h6-7,9,11,13-14H,3-5,8H2,1-2H3. The van der Waals surface area contributed by atoms with Crippen LogP contribution in [0.15, 0.2) is 16.3 Å². The predicted molar refractivity (Wildman–Crippen MR) is 74.5 cm³/mol. The van der Waals surface area contributed by atoms with Gasteiger partial charge in [-0.2, -0.15) is 0 Å². The Morgan fingerprint density at radius 3 is 2.89 bits per heavy atom. The molecule has 2 heterocycles. The maximum Gasteiger partial charge on any atom is 0.250 e. The first-order chi connectivity index (χ1) is 8.53. The highest BCUT2D eigenvalue weighted by molar-refractivity contribution is 7.91. The molecule has 0 aliphatic carbocycles. The molecular weight excluding hydrogens is 268 g/mol. The van der Waals surface area contributed by atoms with Gasteiger partial charge in [-0.3, -0.25) is 0 Å². The van der Waals surface area contributed by atoms with E-state index >= 15 is 0 Å². The second kappa shape index (κ2) is 5.69. The van der Waals surface area contributed by atoms with Crippen LogP contribution in [0.2, 0.25) is 0 Å². The molecule has 0 bridgehead atoms. The van der Waals surface area contributed by atoms with E-state index in [1.807, 2.05) is 19.9 Å². The molecule has 0 radical (unpaired) electrons. The largest absolute Gasteiger partial charge is 0.313 e. The van der Waals surface area contributed by atoms with Crippen molar-refractivity contribution in [1.29, 1.82) is 0 Å². The van der Waals surface area contributed by atoms with Crippen LogP contribution in [0, 0.1) is 0 Å². The summed E-state index contributed by atoms with van der Waals surface area (Å²) < 4.78 is 27.7. The van der Waals surface area contributed by atoms with Crippen LogP contribution in [-0.4, -0.2) is 27.0 Å². The molecule has 1 aliphatic heterocycles. The van der Waals surface area contributed by atoms with Gasteiger partial charge >= 0.3 is 0 Å². The Morgan fingerprint density at radius 2 is 2.28 bits per heavy atom. The second-order valence-electron chi connectivity index (χ2n) is 4.69. The Balaban J connectivity index is 2.11. The van der Waals surface area contributed by atoms with Gasteiger partial charge in [0.05, 0.1) is 0 Å². The van der Waals surface area contributed by atoms with Crippen LogP contribution in [0.1, 0.15) is 31.6 Å². The molecule has 6 heteroatoms. The van der Waals surface area contributed by atoms with E-state index in [0.717, 1.165) is 30.7 Å². The molecule has 2 atom stereocenters. The van der Waals surface area contributed by atoms with Crippen LogP contribution in [0.4, 0.5) is 0 Å². The number of hydrogen-bond acceptors (Lipinski definition) is 4. The fourth-order valence-corrected chi connectivity index (χ4v) is 4.82. The summed E-state index contributed by atoms with van der Waals surface area (Å²) in [6.07, 6.45) is 2.79. The van der Waals surface area contributed by atoms with Gasteiger partial charge in [0.1, 0.15) is 4.21 Å². The lowest BCUT2D eigenvalue weighted by atomic mass is 10.0. The normalized spacial score (nSPS) is 25.2. The lowest BCUT2D eigenvalue weighted by Crippen LogP contribution is -2.51. The van der Waals surface area contributed by atoms with E-state index in [1.54, 1.807) is 6.07 Å². The zero-order valence-corrected chi connectivity index (χ0v) is 12.4. The van der Waals surface area contributed by atoms with Crippen molar-refractivity contribution >= 4 is 21.4 Å². The number of hydrogen-bond donors (Lipinski definition) is 2. The molecule has 102 valence electrons. The highest BCUT2D eigenvalue weighted by Crippen LogP contribution is 2.23. The third kappa shape index (κ3) is 3.12. The lowest BCUT2D eigenvalue weighted by molar-refractivity contribution is 0.349. The molecule has 1 aromatic heterocycles. The van der Waals surface area contributed by atoms with Crippen LogP contribution >= 0.6 is 11.3 Å². The van der Waals surface area contributed by atoms with Gasteiger partial charge in [-0.05, 0) is 44.9 Å². The van der Waals surface area contributed by atoms with Crippen molar-refractivity contribution in [2.45, 2.75) is 49.4 Å². The lowest BCUT2D eigenvalue weighted by Gasteiger charge is -2.30. The molecule has 2 unspecified atom stereocenters. The molecule has 0 saturated carbocycles. The summed E-state index contributed by atoms with van der Waals surface area (Å²) in [5.41, 5.74) is 0. The third-order valence-electron chi connectivity index (χ3n) is 3.32. The van der Waals surface area contributed by atoms with Gasteiger partial charge in [0, 0.05) is 17.0 Å². The van der Waals surface area contributed by atoms with Crippen molar-refractivity contribution in [1.82, 2.24) is 10.0 Å². The number of nitrogens with one attached hydrogen (secondary N) is 2. The van der Waals surface area contributed by atoms with Crippen molar-refractivity contribution in [2.75, 3.05) is 6.54 Å². The summed E-state index contributed by atoms with van der Waals surface area (Å²) >= 11 is 1.36. The fraction of sp³-hybridized carbons (Fsp3) is 0.667. The minimum absolute atomic E-state index is 0.00377. The van der Waals surface area contributed by atoms with Gasteiger partial charge in [-0.15, -0.1) is 11.3 Å². The first-order valence-corrected chi connectivity index (χ1v) is 8.67. The first-order valence-electron chi connectivity index (χ1n) is 6.37. The van der Waals surface area contributed by atoms with Gasteiger partial charge in [0.15, 0.2) is 0 Å². The molecule has 0 spiro atoms. The number of rotatable bonds is 4. The number of sulfonamides is 1. The van der Waals surface area contributed by atoms with Gasteiger partial charge in [0.2, 0.25) is 10.0 Å². The Kier molecular flexibility index (Phi) is 4.42. The van der Waals surface area contributed by atoms with Gasteiger partial charge in [-0.1, -0.05) is 6.92 Å². The fourth-order valence-electron chi connectivity index (χ4n) is 2.16. The molecule has 0 amide bonds. The van der Waals surface area contributed by atoms with Crippen LogP contribution in [0.25, 0.3) is 0 Å². The molecule has 2 rings (SSSR count). The Hall–Kier alpha value is -0.430. The van der Waals surface area contributed by atoms with E-state index in [0.29, 0.717) is 4.21 Å². The van der Waals surface area contributed by atoms with E-state index < -0.39 is 10.0 Å². The second-order valence-corrected chi connectivity index (χ2v) is 7.80. The molecule has 1 aliphatic rings. The molecular formula is C12H20N2O2S2. The minimum Gasteiger partial charge on any atom is -0.313 e. The van der Waals surface area contributed by atoms with Crippen LogP contribution < -0.4 is 10.0 Å². The molecule has 1 aromatic rings. The molecule has 18 heavy (non-hydrogen) atoms. The summed E-state index contributed by atoms with van der Waals surface area (Å²) in [5.74, 6) is 0. The number of thiophene rings is 1. The quantitative estimate of drug-likeness (QED) is 0.887. The van der Waals surface area contributed by atoms with E-state index in [4.69, 9.17) is 0 Å². The van der Waals surface area contributed by atoms with Crippen molar-refractivity contribution < 1.29 is 8.42 Å². The summed E-state index contributed by atoms with van der Waals surface area (Å²) in [7, 11) is -3.35. The van der Waals surface area contributed by atoms with E-state index in [2.05, 4.69) is 10.0 Å². The average Bonchev–Trinajstić information content (AvgIpc) is 2.81. The SMILES string of the molecule is CCc1ccc(S(=O)(=O)NC2CCCNC2C)s1. The van der Waals surface area contributed by atoms with E-state index in [-0.39, 0.29) is 12.1 Å². The van der Waals surface area contributed by atoms with E-state index in [1.165, 1.54) is 11.3 Å². The van der Waals surface area contributed by atoms with Crippen molar-refractivity contribution in [3.05, 3.63) is 17.0 Å². The maximum atomic E-state index is 12.2. The third-order valence-corrected chi connectivity index (χ3v) is 6.53. The van der Waals surface area contributed by atoms with Gasteiger partial charge in [-0.25, -0.2) is 13.1 Å². The average molecular weight is 288 g/mol. The van der Waals surface area contributed by atoms with E-state index in [9.17, 15) is 8.42 Å². The smallest absolute Gasteiger partial charge is 0.250 e. The van der Waals surface area contributed by atoms with Gasteiger partial charge < -0.3 is 5.32 Å². The zero-order valence-electron chi connectivity index (χ0n) is 10.8. The Labute approximate surface area is 113 Å². The molecule has 1 saturated heterocycles. The molecule has 1 fully saturated rings. The van der Waals surface area contributed by atoms with Crippen LogP contribution in [0.3, 0.4) is 0 Å². The molecule has 2 N–H and O–H groups in total. The van der Waals surface area contributed by atoms with Crippen molar-refractivity contribution in [2.24, 2.45) is 0 Å². The van der Waals surface area contributed by atoms with Crippen molar-refractivity contribution in [3.63, 3.8) is 0 Å². The van der Waals surface area contributed by atoms with Crippen molar-refractivity contribution in [3.8, 4) is 0 Å². The summed E-state index contributed by atoms with van der Waals surface area (Å²) in [4.78, 5) is 1.10. The summed E-state index contributed by atoms with van der Waals surface area (Å²) in [5, 5.41) is 3.30. The highest BCUT2D eigenvalue weighted by atomic mass is 32.2. The van der Waals surface area contributed by atoms with Crippen LogP contribution in [0.5, 0.6) is 0 Å². The zero-order chi connectivity index (χ0) is 13.2. The Morgan fingerprint density at radius 1 is 1.50 bits per heavy atom. The maximum absolute atomic E-state index is 12.2. The monoisotopic (exact) mass is 288 g/mol. The Bertz CT molecular complexity index is 496. The summed E-state index contributed by atoms with van der Waals surface area (Å²) in [6, 6.07) is 3.78.